The minimum Gasteiger partial charge on any atom is -0.254 e. The van der Waals surface area contributed by atoms with Gasteiger partial charge >= 0.3 is 0 Å². The zero-order chi connectivity index (χ0) is 42.9. The molecule has 65 heavy (non-hydrogen) atoms. The Kier molecular flexibility index (Phi) is 8.40. The van der Waals surface area contributed by atoms with E-state index in [1.807, 2.05) is 24.5 Å². The number of pyridine rings is 4. The summed E-state index contributed by atoms with van der Waals surface area (Å²) in [7, 11) is 0. The predicted octanol–water partition coefficient (Wildman–Crippen LogP) is 14.9. The Morgan fingerprint density at radius 1 is 0.277 bits per heavy atom. The molecule has 0 bridgehead atoms. The fraction of sp³-hybridized carbons (Fsp3) is 0.0164. The second kappa shape index (κ2) is 14.8. The van der Waals surface area contributed by atoms with E-state index in [1.165, 1.54) is 33.4 Å². The first kappa shape index (κ1) is 37.0. The fourth-order valence-corrected chi connectivity index (χ4v) is 10.5. The molecule has 0 spiro atoms. The molecule has 0 radical (unpaired) electrons. The summed E-state index contributed by atoms with van der Waals surface area (Å²) < 4.78 is 0. The molecule has 4 heterocycles. The number of fused-ring (bicyclic) bond motifs is 9. The van der Waals surface area contributed by atoms with Gasteiger partial charge < -0.3 is 0 Å². The van der Waals surface area contributed by atoms with E-state index in [-0.39, 0.29) is 0 Å². The van der Waals surface area contributed by atoms with Crippen molar-refractivity contribution in [3.05, 3.63) is 253 Å². The molecule has 4 heteroatoms. The SMILES string of the molecule is c1cc(-c2ccccc2-c2ccc3ccc4cccnc4c3n2)cc(C2(c3cccc(-c4ccccc4-c4ccc5ccc6cccnc6c5n4)c3)c3ccccc3-c3ccccc32)c1. The molecule has 0 N–H and O–H groups in total. The number of benzene rings is 8. The van der Waals surface area contributed by atoms with E-state index in [2.05, 4.69) is 206 Å². The highest BCUT2D eigenvalue weighted by molar-refractivity contribution is 6.05. The van der Waals surface area contributed by atoms with Crippen molar-refractivity contribution in [2.75, 3.05) is 0 Å². The van der Waals surface area contributed by atoms with Gasteiger partial charge in [0.2, 0.25) is 0 Å². The van der Waals surface area contributed by atoms with Gasteiger partial charge in [0.25, 0.3) is 0 Å². The van der Waals surface area contributed by atoms with Crippen molar-refractivity contribution < 1.29 is 0 Å². The maximum Gasteiger partial charge on any atom is 0.0972 e. The number of hydrogen-bond acceptors (Lipinski definition) is 4. The van der Waals surface area contributed by atoms with Crippen molar-refractivity contribution in [2.45, 2.75) is 5.41 Å². The summed E-state index contributed by atoms with van der Waals surface area (Å²) in [5, 5.41) is 4.31. The largest absolute Gasteiger partial charge is 0.254 e. The zero-order valence-electron chi connectivity index (χ0n) is 35.2. The highest BCUT2D eigenvalue weighted by Crippen LogP contribution is 2.57. The molecular weight excluding hydrogens is 789 g/mol. The molecule has 4 aromatic heterocycles. The highest BCUT2D eigenvalue weighted by Gasteiger charge is 2.46. The first-order valence-electron chi connectivity index (χ1n) is 22.1. The van der Waals surface area contributed by atoms with Crippen LogP contribution in [0.4, 0.5) is 0 Å². The third-order valence-electron chi connectivity index (χ3n) is 13.4. The Hall–Kier alpha value is -8.60. The van der Waals surface area contributed by atoms with Gasteiger partial charge in [0.15, 0.2) is 0 Å². The summed E-state index contributed by atoms with van der Waals surface area (Å²) >= 11 is 0. The van der Waals surface area contributed by atoms with Crippen molar-refractivity contribution in [1.29, 1.82) is 0 Å². The van der Waals surface area contributed by atoms with Gasteiger partial charge in [0.05, 0.1) is 38.9 Å². The molecule has 0 unspecified atom stereocenters. The first-order chi connectivity index (χ1) is 32.2. The first-order valence-corrected chi connectivity index (χ1v) is 22.1. The summed E-state index contributed by atoms with van der Waals surface area (Å²) in [4.78, 5) is 20.1. The van der Waals surface area contributed by atoms with E-state index < -0.39 is 5.41 Å². The minimum atomic E-state index is -0.624. The van der Waals surface area contributed by atoms with E-state index in [1.54, 1.807) is 0 Å². The zero-order valence-corrected chi connectivity index (χ0v) is 35.2. The van der Waals surface area contributed by atoms with Crippen LogP contribution in [0.5, 0.6) is 0 Å². The molecular formula is C61H38N4. The lowest BCUT2D eigenvalue weighted by atomic mass is 9.67. The number of nitrogens with zero attached hydrogens (tertiary/aromatic N) is 4. The third kappa shape index (κ3) is 5.77. The molecule has 0 fully saturated rings. The molecule has 8 aromatic carbocycles. The van der Waals surface area contributed by atoms with Crippen LogP contribution >= 0.6 is 0 Å². The molecule has 0 saturated heterocycles. The van der Waals surface area contributed by atoms with Crippen LogP contribution in [0.15, 0.2) is 231 Å². The van der Waals surface area contributed by atoms with E-state index in [9.17, 15) is 0 Å². The van der Waals surface area contributed by atoms with Crippen molar-refractivity contribution >= 4 is 43.6 Å². The van der Waals surface area contributed by atoms with Crippen molar-refractivity contribution in [2.24, 2.45) is 0 Å². The van der Waals surface area contributed by atoms with Gasteiger partial charge in [-0.25, -0.2) is 9.97 Å². The number of hydrogen-bond donors (Lipinski definition) is 0. The van der Waals surface area contributed by atoms with Gasteiger partial charge in [-0.05, 0) is 92.0 Å². The summed E-state index contributed by atoms with van der Waals surface area (Å²) in [5.74, 6) is 0. The van der Waals surface area contributed by atoms with Crippen LogP contribution in [0.3, 0.4) is 0 Å². The van der Waals surface area contributed by atoms with E-state index in [0.29, 0.717) is 0 Å². The molecule has 12 aromatic rings. The van der Waals surface area contributed by atoms with Crippen LogP contribution in [-0.4, -0.2) is 19.9 Å². The van der Waals surface area contributed by atoms with Crippen LogP contribution in [0.25, 0.3) is 99.5 Å². The third-order valence-corrected chi connectivity index (χ3v) is 13.4. The molecule has 0 aliphatic heterocycles. The maximum absolute atomic E-state index is 5.31. The molecule has 1 aliphatic carbocycles. The Bertz CT molecular complexity index is 3620. The summed E-state index contributed by atoms with van der Waals surface area (Å²) in [6, 6.07) is 78.9. The van der Waals surface area contributed by atoms with Crippen molar-refractivity contribution in [3.63, 3.8) is 0 Å². The molecule has 0 amide bonds. The van der Waals surface area contributed by atoms with E-state index in [0.717, 1.165) is 88.4 Å². The van der Waals surface area contributed by atoms with Crippen LogP contribution in [0, 0.1) is 0 Å². The minimum absolute atomic E-state index is 0.624. The second-order valence-electron chi connectivity index (χ2n) is 16.9. The lowest BCUT2D eigenvalue weighted by molar-refractivity contribution is 0.769. The van der Waals surface area contributed by atoms with Gasteiger partial charge in [-0.15, -0.1) is 0 Å². The lowest BCUT2D eigenvalue weighted by Gasteiger charge is -2.34. The Balaban J connectivity index is 0.999. The van der Waals surface area contributed by atoms with Gasteiger partial charge in [0, 0.05) is 45.1 Å². The Morgan fingerprint density at radius 2 is 0.662 bits per heavy atom. The van der Waals surface area contributed by atoms with E-state index in [4.69, 9.17) is 19.9 Å². The molecule has 302 valence electrons. The monoisotopic (exact) mass is 826 g/mol. The van der Waals surface area contributed by atoms with Gasteiger partial charge in [-0.2, -0.15) is 0 Å². The van der Waals surface area contributed by atoms with Gasteiger partial charge in [-0.1, -0.05) is 182 Å². The quantitative estimate of drug-likeness (QED) is 0.157. The average Bonchev–Trinajstić information content (AvgIpc) is 3.69. The van der Waals surface area contributed by atoms with E-state index >= 15 is 0 Å². The maximum atomic E-state index is 5.31. The molecule has 1 aliphatic rings. The predicted molar refractivity (Wildman–Crippen MR) is 267 cm³/mol. The van der Waals surface area contributed by atoms with Crippen molar-refractivity contribution in [1.82, 2.24) is 19.9 Å². The van der Waals surface area contributed by atoms with Gasteiger partial charge in [0.1, 0.15) is 0 Å². The summed E-state index contributed by atoms with van der Waals surface area (Å²) in [6.45, 7) is 0. The highest BCUT2D eigenvalue weighted by atomic mass is 14.8. The molecule has 0 atom stereocenters. The Labute approximate surface area is 376 Å². The Morgan fingerprint density at radius 3 is 1.12 bits per heavy atom. The summed E-state index contributed by atoms with van der Waals surface area (Å²) in [5.41, 5.74) is 18.9. The standard InChI is InChI=1S/C61H38N4/c1-3-23-51(55-33-31-41-29-27-39-15-11-35-62-57(39)59(41)64-55)47(19-1)43-13-9-17-45(37-43)61(53-25-7-5-21-49(53)50-22-6-8-26-54(50)61)46-18-10-14-44(38-46)48-20-2-4-24-52(48)56-34-32-42-30-28-40-16-12-36-63-58(40)60(42)65-56/h1-38H. The smallest absolute Gasteiger partial charge is 0.0972 e. The topological polar surface area (TPSA) is 51.6 Å². The molecule has 0 saturated carbocycles. The fourth-order valence-electron chi connectivity index (χ4n) is 10.5. The lowest BCUT2D eigenvalue weighted by Crippen LogP contribution is -2.28. The summed E-state index contributed by atoms with van der Waals surface area (Å²) in [6.07, 6.45) is 3.70. The van der Waals surface area contributed by atoms with Crippen LogP contribution in [0.1, 0.15) is 22.3 Å². The molecule has 13 rings (SSSR count). The molecule has 4 nitrogen and oxygen atoms in total. The van der Waals surface area contributed by atoms with Crippen LogP contribution in [-0.2, 0) is 5.41 Å². The van der Waals surface area contributed by atoms with Crippen LogP contribution in [0.2, 0.25) is 0 Å². The van der Waals surface area contributed by atoms with Crippen molar-refractivity contribution in [3.8, 4) is 55.9 Å². The normalized spacial score (nSPS) is 12.7. The number of aromatic nitrogens is 4. The van der Waals surface area contributed by atoms with Gasteiger partial charge in [-0.3, -0.25) is 9.97 Å². The number of rotatable bonds is 6. The average molecular weight is 827 g/mol. The van der Waals surface area contributed by atoms with Crippen LogP contribution < -0.4 is 0 Å². The second-order valence-corrected chi connectivity index (χ2v) is 16.9.